The molecule has 2 heterocycles. The molecule has 1 unspecified atom stereocenters. The summed E-state index contributed by atoms with van der Waals surface area (Å²) in [5.74, 6) is 0. The molecule has 1 saturated heterocycles. The summed E-state index contributed by atoms with van der Waals surface area (Å²) in [6.45, 7) is 7.13. The molecule has 1 N–H and O–H groups in total. The Balaban J connectivity index is 1.60. The minimum Gasteiger partial charge on any atom is -0.370 e. The van der Waals surface area contributed by atoms with Crippen LogP contribution in [0.4, 0.5) is 0 Å². The van der Waals surface area contributed by atoms with Crippen molar-refractivity contribution >= 4 is 0 Å². The van der Waals surface area contributed by atoms with E-state index in [1.807, 2.05) is 6.20 Å². The molecule has 1 atom stereocenters. The molecule has 1 saturated carbocycles. The van der Waals surface area contributed by atoms with Crippen LogP contribution in [0.3, 0.4) is 0 Å². The van der Waals surface area contributed by atoms with E-state index in [2.05, 4.69) is 28.9 Å². The van der Waals surface area contributed by atoms with Crippen LogP contribution in [-0.4, -0.2) is 28.0 Å². The maximum Gasteiger partial charge on any atom is 0.0779 e. The van der Waals surface area contributed by atoms with Crippen molar-refractivity contribution in [1.29, 1.82) is 0 Å². The average Bonchev–Trinajstić information content (AvgIpc) is 3.14. The van der Waals surface area contributed by atoms with Gasteiger partial charge in [-0.2, -0.15) is 5.10 Å². The van der Waals surface area contributed by atoms with E-state index in [1.165, 1.54) is 49.8 Å². The van der Waals surface area contributed by atoms with E-state index in [1.54, 1.807) is 0 Å². The largest absolute Gasteiger partial charge is 0.370 e. The maximum absolute atomic E-state index is 6.38. The molecule has 112 valence electrons. The molecule has 0 bridgehead atoms. The highest BCUT2D eigenvalue weighted by atomic mass is 16.5. The van der Waals surface area contributed by atoms with Crippen LogP contribution in [0.1, 0.15) is 56.7 Å². The van der Waals surface area contributed by atoms with Crippen LogP contribution in [0.25, 0.3) is 0 Å². The minimum absolute atomic E-state index is 0.234. The van der Waals surface area contributed by atoms with Gasteiger partial charge in [-0.05, 0) is 39.2 Å². The van der Waals surface area contributed by atoms with E-state index in [0.717, 1.165) is 19.6 Å². The lowest BCUT2D eigenvalue weighted by molar-refractivity contribution is -0.0431. The van der Waals surface area contributed by atoms with Crippen molar-refractivity contribution in [2.75, 3.05) is 6.54 Å². The third-order valence-electron chi connectivity index (χ3n) is 5.00. The van der Waals surface area contributed by atoms with Crippen molar-refractivity contribution in [1.82, 2.24) is 15.1 Å². The highest BCUT2D eigenvalue weighted by Gasteiger charge is 2.42. The zero-order chi connectivity index (χ0) is 14.0. The van der Waals surface area contributed by atoms with Gasteiger partial charge in [0.15, 0.2) is 0 Å². The second kappa shape index (κ2) is 5.86. The molecule has 1 spiro atoms. The summed E-state index contributed by atoms with van der Waals surface area (Å²) in [6, 6.07) is 0. The molecule has 0 amide bonds. The smallest absolute Gasteiger partial charge is 0.0779 e. The number of hydrogen-bond donors (Lipinski definition) is 1. The molecular formula is C16H27N3O. The molecule has 3 rings (SSSR count). The molecule has 0 radical (unpaired) electrons. The van der Waals surface area contributed by atoms with Gasteiger partial charge in [-0.1, -0.05) is 19.8 Å². The van der Waals surface area contributed by atoms with Gasteiger partial charge in [0.05, 0.1) is 24.4 Å². The normalized spacial score (nSPS) is 24.8. The summed E-state index contributed by atoms with van der Waals surface area (Å²) in [4.78, 5) is 0. The number of nitrogens with zero attached hydrogens (tertiary/aromatic N) is 2. The van der Waals surface area contributed by atoms with Crippen molar-refractivity contribution in [2.24, 2.45) is 0 Å². The monoisotopic (exact) mass is 277 g/mol. The van der Waals surface area contributed by atoms with Gasteiger partial charge in [-0.15, -0.1) is 0 Å². The molecule has 2 aliphatic rings. The third-order valence-corrected chi connectivity index (χ3v) is 5.00. The molecule has 4 heteroatoms. The Morgan fingerprint density at radius 3 is 2.95 bits per heavy atom. The van der Waals surface area contributed by atoms with Crippen LogP contribution in [-0.2, 0) is 17.8 Å². The van der Waals surface area contributed by atoms with E-state index in [9.17, 15) is 0 Å². The van der Waals surface area contributed by atoms with Crippen LogP contribution in [0.5, 0.6) is 0 Å². The van der Waals surface area contributed by atoms with Crippen LogP contribution >= 0.6 is 0 Å². The summed E-state index contributed by atoms with van der Waals surface area (Å²) >= 11 is 0. The summed E-state index contributed by atoms with van der Waals surface area (Å²) in [7, 11) is 0. The SMILES string of the molecule is CCNCc1cnn(CC2CCC3(CCCC3)O2)c1C. The van der Waals surface area contributed by atoms with Gasteiger partial charge in [0.1, 0.15) is 0 Å². The standard InChI is InChI=1S/C16H27N3O/c1-3-17-10-14-11-18-19(13(14)2)12-15-6-9-16(20-15)7-4-5-8-16/h11,15,17H,3-10,12H2,1-2H3. The number of rotatable bonds is 5. The molecule has 1 aliphatic heterocycles. The van der Waals surface area contributed by atoms with Gasteiger partial charge in [0.2, 0.25) is 0 Å². The van der Waals surface area contributed by atoms with Gasteiger partial charge < -0.3 is 10.1 Å². The fourth-order valence-electron chi connectivity index (χ4n) is 3.71. The van der Waals surface area contributed by atoms with Gasteiger partial charge in [-0.25, -0.2) is 0 Å². The second-order valence-corrected chi connectivity index (χ2v) is 6.39. The minimum atomic E-state index is 0.234. The Kier molecular flexibility index (Phi) is 4.13. The van der Waals surface area contributed by atoms with E-state index in [0.29, 0.717) is 6.10 Å². The van der Waals surface area contributed by atoms with Crippen LogP contribution in [0, 0.1) is 6.92 Å². The predicted molar refractivity (Wildman–Crippen MR) is 79.7 cm³/mol. The predicted octanol–water partition coefficient (Wildman–Crippen LogP) is 2.79. The first-order chi connectivity index (χ1) is 9.72. The van der Waals surface area contributed by atoms with Crippen molar-refractivity contribution in [3.63, 3.8) is 0 Å². The third kappa shape index (κ3) is 2.77. The Hall–Kier alpha value is -0.870. The summed E-state index contributed by atoms with van der Waals surface area (Å²) in [6.07, 6.45) is 10.0. The van der Waals surface area contributed by atoms with Crippen LogP contribution in [0.15, 0.2) is 6.20 Å². The Morgan fingerprint density at radius 2 is 2.20 bits per heavy atom. The van der Waals surface area contributed by atoms with E-state index < -0.39 is 0 Å². The lowest BCUT2D eigenvalue weighted by Crippen LogP contribution is -2.27. The van der Waals surface area contributed by atoms with E-state index >= 15 is 0 Å². The number of ether oxygens (including phenoxy) is 1. The number of aromatic nitrogens is 2. The first-order valence-corrected chi connectivity index (χ1v) is 8.12. The molecule has 0 aromatic carbocycles. The van der Waals surface area contributed by atoms with Crippen molar-refractivity contribution < 1.29 is 4.74 Å². The molecule has 1 aromatic rings. The molecule has 4 nitrogen and oxygen atoms in total. The summed E-state index contributed by atoms with van der Waals surface area (Å²) < 4.78 is 8.51. The Bertz CT molecular complexity index is 449. The molecule has 2 fully saturated rings. The lowest BCUT2D eigenvalue weighted by Gasteiger charge is -2.24. The quantitative estimate of drug-likeness (QED) is 0.899. The van der Waals surface area contributed by atoms with Crippen LogP contribution < -0.4 is 5.32 Å². The van der Waals surface area contributed by atoms with E-state index in [4.69, 9.17) is 4.74 Å². The van der Waals surface area contributed by atoms with Gasteiger partial charge >= 0.3 is 0 Å². The fraction of sp³-hybridized carbons (Fsp3) is 0.812. The molecule has 1 aromatic heterocycles. The zero-order valence-corrected chi connectivity index (χ0v) is 12.8. The molecule has 20 heavy (non-hydrogen) atoms. The zero-order valence-electron chi connectivity index (χ0n) is 12.8. The second-order valence-electron chi connectivity index (χ2n) is 6.39. The lowest BCUT2D eigenvalue weighted by atomic mass is 9.98. The van der Waals surface area contributed by atoms with Crippen LogP contribution in [0.2, 0.25) is 0 Å². The van der Waals surface area contributed by atoms with Crippen molar-refractivity contribution in [2.45, 2.75) is 77.2 Å². The molecular weight excluding hydrogens is 250 g/mol. The Morgan fingerprint density at radius 1 is 1.40 bits per heavy atom. The van der Waals surface area contributed by atoms with Crippen molar-refractivity contribution in [3.05, 3.63) is 17.5 Å². The van der Waals surface area contributed by atoms with Gasteiger partial charge in [-0.3, -0.25) is 4.68 Å². The maximum atomic E-state index is 6.38. The summed E-state index contributed by atoms with van der Waals surface area (Å²) in [5, 5.41) is 7.91. The number of nitrogens with one attached hydrogen (secondary N) is 1. The first-order valence-electron chi connectivity index (χ1n) is 8.12. The average molecular weight is 277 g/mol. The topological polar surface area (TPSA) is 39.1 Å². The molecule has 1 aliphatic carbocycles. The number of hydrogen-bond acceptors (Lipinski definition) is 3. The van der Waals surface area contributed by atoms with Crippen molar-refractivity contribution in [3.8, 4) is 0 Å². The van der Waals surface area contributed by atoms with Gasteiger partial charge in [0.25, 0.3) is 0 Å². The Labute approximate surface area is 121 Å². The highest BCUT2D eigenvalue weighted by molar-refractivity contribution is 5.16. The highest BCUT2D eigenvalue weighted by Crippen LogP contribution is 2.43. The van der Waals surface area contributed by atoms with Gasteiger partial charge in [0, 0.05) is 17.8 Å². The fourth-order valence-corrected chi connectivity index (χ4v) is 3.71. The van der Waals surface area contributed by atoms with E-state index in [-0.39, 0.29) is 5.60 Å². The first kappa shape index (κ1) is 14.1. The summed E-state index contributed by atoms with van der Waals surface area (Å²) in [5.41, 5.74) is 2.82.